The molecule has 22 heavy (non-hydrogen) atoms. The van der Waals surface area contributed by atoms with Crippen LogP contribution in [0.1, 0.15) is 16.3 Å². The molecule has 0 aliphatic heterocycles. The van der Waals surface area contributed by atoms with Crippen LogP contribution in [-0.2, 0) is 6.61 Å². The zero-order valence-corrected chi connectivity index (χ0v) is 11.1. The molecule has 0 fully saturated rings. The number of furan rings is 1. The maximum atomic E-state index is 12.7. The van der Waals surface area contributed by atoms with Gasteiger partial charge in [0.05, 0.1) is 0 Å². The minimum Gasteiger partial charge on any atom is -0.486 e. The second-order valence-corrected chi connectivity index (χ2v) is 4.31. The van der Waals surface area contributed by atoms with E-state index in [0.717, 1.165) is 0 Å². The SMILES string of the molecule is O=C(NCC(F)(F)F)c1ccc(COc2ccc(F)cc2)o1. The molecule has 0 radical (unpaired) electrons. The summed E-state index contributed by atoms with van der Waals surface area (Å²) in [5.41, 5.74) is 0. The van der Waals surface area contributed by atoms with Gasteiger partial charge in [-0.05, 0) is 36.4 Å². The zero-order chi connectivity index (χ0) is 16.2. The summed E-state index contributed by atoms with van der Waals surface area (Å²) in [6, 6.07) is 7.91. The van der Waals surface area contributed by atoms with Crippen molar-refractivity contribution in [2.24, 2.45) is 0 Å². The highest BCUT2D eigenvalue weighted by atomic mass is 19.4. The Kier molecular flexibility index (Phi) is 4.69. The quantitative estimate of drug-likeness (QED) is 0.861. The van der Waals surface area contributed by atoms with Crippen molar-refractivity contribution in [2.75, 3.05) is 6.54 Å². The second kappa shape index (κ2) is 6.50. The third kappa shape index (κ3) is 4.80. The van der Waals surface area contributed by atoms with Crippen molar-refractivity contribution in [3.8, 4) is 5.75 Å². The molecule has 0 aliphatic carbocycles. The zero-order valence-electron chi connectivity index (χ0n) is 11.1. The highest BCUT2D eigenvalue weighted by Gasteiger charge is 2.28. The highest BCUT2D eigenvalue weighted by Crippen LogP contribution is 2.16. The molecule has 0 saturated carbocycles. The molecular formula is C14H11F4NO3. The van der Waals surface area contributed by atoms with Gasteiger partial charge in [0.25, 0.3) is 5.91 Å². The Bertz CT molecular complexity index is 634. The van der Waals surface area contributed by atoms with Crippen LogP contribution >= 0.6 is 0 Å². The number of amides is 1. The summed E-state index contributed by atoms with van der Waals surface area (Å²) in [5, 5.41) is 1.69. The van der Waals surface area contributed by atoms with Crippen LogP contribution in [0.25, 0.3) is 0 Å². The van der Waals surface area contributed by atoms with E-state index in [1.165, 1.54) is 36.4 Å². The van der Waals surface area contributed by atoms with E-state index in [1.54, 1.807) is 5.32 Å². The van der Waals surface area contributed by atoms with Gasteiger partial charge in [-0.25, -0.2) is 4.39 Å². The van der Waals surface area contributed by atoms with Crippen molar-refractivity contribution in [1.29, 1.82) is 0 Å². The van der Waals surface area contributed by atoms with Crippen LogP contribution < -0.4 is 10.1 Å². The molecule has 2 aromatic rings. The number of benzene rings is 1. The number of carbonyl (C=O) groups is 1. The Balaban J connectivity index is 1.88. The Morgan fingerprint density at radius 2 is 1.82 bits per heavy atom. The van der Waals surface area contributed by atoms with Crippen LogP contribution in [0.2, 0.25) is 0 Å². The van der Waals surface area contributed by atoms with Gasteiger partial charge in [-0.1, -0.05) is 0 Å². The van der Waals surface area contributed by atoms with Gasteiger partial charge in [0.2, 0.25) is 0 Å². The Labute approximate surface area is 122 Å². The minimum atomic E-state index is -4.49. The fourth-order valence-corrected chi connectivity index (χ4v) is 1.53. The maximum Gasteiger partial charge on any atom is 0.405 e. The molecule has 8 heteroatoms. The minimum absolute atomic E-state index is 0.0435. The van der Waals surface area contributed by atoms with E-state index in [0.29, 0.717) is 5.75 Å². The number of nitrogens with one attached hydrogen (secondary N) is 1. The fourth-order valence-electron chi connectivity index (χ4n) is 1.53. The summed E-state index contributed by atoms with van der Waals surface area (Å²) in [6.45, 7) is -1.48. The van der Waals surface area contributed by atoms with Gasteiger partial charge in [-0.2, -0.15) is 13.2 Å². The molecule has 1 heterocycles. The third-order valence-corrected chi connectivity index (χ3v) is 2.53. The topological polar surface area (TPSA) is 51.5 Å². The Morgan fingerprint density at radius 3 is 2.45 bits per heavy atom. The summed E-state index contributed by atoms with van der Waals surface area (Å²) in [5.74, 6) is -0.983. The van der Waals surface area contributed by atoms with Crippen LogP contribution in [-0.4, -0.2) is 18.6 Å². The molecule has 1 amide bonds. The molecular weight excluding hydrogens is 306 g/mol. The molecule has 2 rings (SSSR count). The molecule has 0 unspecified atom stereocenters. The average Bonchev–Trinajstić information content (AvgIpc) is 2.92. The average molecular weight is 317 g/mol. The van der Waals surface area contributed by atoms with E-state index >= 15 is 0 Å². The van der Waals surface area contributed by atoms with E-state index in [2.05, 4.69) is 0 Å². The van der Waals surface area contributed by atoms with E-state index in [1.807, 2.05) is 0 Å². The van der Waals surface area contributed by atoms with E-state index in [4.69, 9.17) is 9.15 Å². The summed E-state index contributed by atoms with van der Waals surface area (Å²) in [6.07, 6.45) is -4.49. The first-order chi connectivity index (χ1) is 10.3. The lowest BCUT2D eigenvalue weighted by molar-refractivity contribution is -0.123. The summed E-state index contributed by atoms with van der Waals surface area (Å²) in [7, 11) is 0. The van der Waals surface area contributed by atoms with Gasteiger partial charge in [-0.15, -0.1) is 0 Å². The molecule has 1 aromatic carbocycles. The first-order valence-corrected chi connectivity index (χ1v) is 6.15. The number of carbonyl (C=O) groups excluding carboxylic acids is 1. The lowest BCUT2D eigenvalue weighted by Crippen LogP contribution is -2.33. The highest BCUT2D eigenvalue weighted by molar-refractivity contribution is 5.91. The predicted octanol–water partition coefficient (Wildman–Crippen LogP) is 3.29. The fraction of sp³-hybridized carbons (Fsp3) is 0.214. The van der Waals surface area contributed by atoms with Crippen molar-refractivity contribution in [3.05, 3.63) is 53.7 Å². The van der Waals surface area contributed by atoms with Gasteiger partial charge in [-0.3, -0.25) is 4.79 Å². The molecule has 0 saturated heterocycles. The molecule has 1 N–H and O–H groups in total. The first kappa shape index (κ1) is 15.9. The molecule has 0 aliphatic rings. The van der Waals surface area contributed by atoms with Gasteiger partial charge >= 0.3 is 6.18 Å². The lowest BCUT2D eigenvalue weighted by atomic mass is 10.3. The predicted molar refractivity (Wildman–Crippen MR) is 67.8 cm³/mol. The molecule has 0 atom stereocenters. The smallest absolute Gasteiger partial charge is 0.405 e. The summed E-state index contributed by atoms with van der Waals surface area (Å²) < 4.78 is 59.0. The standard InChI is InChI=1S/C14H11F4NO3/c15-9-1-3-10(4-2-9)21-7-11-5-6-12(22-11)13(20)19-8-14(16,17)18/h1-6H,7-8H2,(H,19,20). The summed E-state index contributed by atoms with van der Waals surface area (Å²) >= 11 is 0. The number of hydrogen-bond donors (Lipinski definition) is 1. The molecule has 0 bridgehead atoms. The van der Waals surface area contributed by atoms with E-state index < -0.39 is 24.4 Å². The number of ether oxygens (including phenoxy) is 1. The normalized spacial score (nSPS) is 11.3. The van der Waals surface area contributed by atoms with Crippen molar-refractivity contribution < 1.29 is 31.5 Å². The van der Waals surface area contributed by atoms with Gasteiger partial charge < -0.3 is 14.5 Å². The van der Waals surface area contributed by atoms with Crippen molar-refractivity contribution in [1.82, 2.24) is 5.32 Å². The Hall–Kier alpha value is -2.51. The number of rotatable bonds is 5. The van der Waals surface area contributed by atoms with Crippen LogP contribution in [0.3, 0.4) is 0 Å². The van der Waals surface area contributed by atoms with Crippen molar-refractivity contribution in [3.63, 3.8) is 0 Å². The molecule has 4 nitrogen and oxygen atoms in total. The van der Waals surface area contributed by atoms with E-state index in [-0.39, 0.29) is 18.1 Å². The van der Waals surface area contributed by atoms with Crippen LogP contribution in [0.4, 0.5) is 17.6 Å². The third-order valence-electron chi connectivity index (χ3n) is 2.53. The van der Waals surface area contributed by atoms with E-state index in [9.17, 15) is 22.4 Å². The molecule has 1 aromatic heterocycles. The maximum absolute atomic E-state index is 12.7. The number of alkyl halides is 3. The van der Waals surface area contributed by atoms with Gasteiger partial charge in [0.1, 0.15) is 30.5 Å². The van der Waals surface area contributed by atoms with Crippen molar-refractivity contribution in [2.45, 2.75) is 12.8 Å². The van der Waals surface area contributed by atoms with Gasteiger partial charge in [0, 0.05) is 0 Å². The van der Waals surface area contributed by atoms with Crippen molar-refractivity contribution >= 4 is 5.91 Å². The first-order valence-electron chi connectivity index (χ1n) is 6.15. The Morgan fingerprint density at radius 1 is 1.14 bits per heavy atom. The lowest BCUT2D eigenvalue weighted by Gasteiger charge is -2.06. The molecule has 0 spiro atoms. The van der Waals surface area contributed by atoms with Crippen LogP contribution in [0.15, 0.2) is 40.8 Å². The van der Waals surface area contributed by atoms with Gasteiger partial charge in [0.15, 0.2) is 5.76 Å². The largest absolute Gasteiger partial charge is 0.486 e. The monoisotopic (exact) mass is 317 g/mol. The number of halogens is 4. The van der Waals surface area contributed by atoms with Crippen LogP contribution in [0, 0.1) is 5.82 Å². The second-order valence-electron chi connectivity index (χ2n) is 4.31. The molecule has 118 valence electrons. The van der Waals surface area contributed by atoms with Crippen LogP contribution in [0.5, 0.6) is 5.75 Å². The number of hydrogen-bond acceptors (Lipinski definition) is 3. The summed E-state index contributed by atoms with van der Waals surface area (Å²) in [4.78, 5) is 11.4.